The van der Waals surface area contributed by atoms with Crippen molar-refractivity contribution in [1.82, 2.24) is 20.0 Å². The van der Waals surface area contributed by atoms with Crippen LogP contribution >= 0.6 is 11.3 Å². The van der Waals surface area contributed by atoms with Crippen LogP contribution in [0.5, 0.6) is 0 Å². The fourth-order valence-electron chi connectivity index (χ4n) is 1.75. The lowest BCUT2D eigenvalue weighted by Gasteiger charge is -2.05. The quantitative estimate of drug-likeness (QED) is 0.685. The molecule has 0 unspecified atom stereocenters. The molecule has 0 amide bonds. The first-order valence-corrected chi connectivity index (χ1v) is 9.17. The van der Waals surface area contributed by atoms with E-state index in [-0.39, 0.29) is 4.90 Å². The lowest BCUT2D eigenvalue weighted by atomic mass is 10.3. The van der Waals surface area contributed by atoms with Crippen molar-refractivity contribution in [3.05, 3.63) is 34.5 Å². The molecular weight excluding hydrogens is 308 g/mol. The molecule has 116 valence electrons. The zero-order valence-electron chi connectivity index (χ0n) is 12.1. The standard InChI is InChI=1S/C13H20N4O2S2/c1-10(2)14-6-12-5-13(7-15-12)21(18,19)17-4-3-11-8-20-9-16-11/h5,7-10,14-15,17H,3-4,6H2,1-2H3. The summed E-state index contributed by atoms with van der Waals surface area (Å²) in [4.78, 5) is 7.37. The Morgan fingerprint density at radius 2 is 2.24 bits per heavy atom. The number of aromatic nitrogens is 2. The van der Waals surface area contributed by atoms with Gasteiger partial charge in [0, 0.05) is 42.8 Å². The van der Waals surface area contributed by atoms with Crippen molar-refractivity contribution in [2.24, 2.45) is 0 Å². The average molecular weight is 328 g/mol. The molecule has 0 aliphatic heterocycles. The molecule has 0 atom stereocenters. The van der Waals surface area contributed by atoms with Gasteiger partial charge < -0.3 is 10.3 Å². The highest BCUT2D eigenvalue weighted by Crippen LogP contribution is 2.11. The van der Waals surface area contributed by atoms with Crippen LogP contribution in [0, 0.1) is 0 Å². The van der Waals surface area contributed by atoms with Gasteiger partial charge in [-0.2, -0.15) is 0 Å². The Morgan fingerprint density at radius 1 is 1.43 bits per heavy atom. The molecule has 0 aliphatic rings. The molecule has 2 aromatic rings. The maximum atomic E-state index is 12.1. The summed E-state index contributed by atoms with van der Waals surface area (Å²) in [6.45, 7) is 5.05. The van der Waals surface area contributed by atoms with Crippen LogP contribution in [0.4, 0.5) is 0 Å². The van der Waals surface area contributed by atoms with Crippen LogP contribution in [0.3, 0.4) is 0 Å². The Morgan fingerprint density at radius 3 is 2.90 bits per heavy atom. The summed E-state index contributed by atoms with van der Waals surface area (Å²) in [7, 11) is -3.46. The van der Waals surface area contributed by atoms with E-state index < -0.39 is 10.0 Å². The summed E-state index contributed by atoms with van der Waals surface area (Å²) in [5, 5.41) is 5.15. The second-order valence-electron chi connectivity index (χ2n) is 5.02. The molecule has 2 aromatic heterocycles. The Balaban J connectivity index is 1.89. The zero-order valence-corrected chi connectivity index (χ0v) is 13.7. The second kappa shape index (κ2) is 7.17. The molecule has 0 aromatic carbocycles. The minimum absolute atomic E-state index is 0.265. The van der Waals surface area contributed by atoms with E-state index >= 15 is 0 Å². The second-order valence-corrected chi connectivity index (χ2v) is 7.51. The highest BCUT2D eigenvalue weighted by atomic mass is 32.2. The van der Waals surface area contributed by atoms with Crippen molar-refractivity contribution >= 4 is 21.4 Å². The zero-order chi connectivity index (χ0) is 15.3. The van der Waals surface area contributed by atoms with Crippen LogP contribution in [-0.4, -0.2) is 31.0 Å². The van der Waals surface area contributed by atoms with E-state index in [0.29, 0.717) is 25.6 Å². The first kappa shape index (κ1) is 16.2. The van der Waals surface area contributed by atoms with E-state index in [1.807, 2.05) is 19.2 Å². The number of sulfonamides is 1. The summed E-state index contributed by atoms with van der Waals surface area (Å²) in [6.07, 6.45) is 2.11. The van der Waals surface area contributed by atoms with E-state index in [9.17, 15) is 8.42 Å². The number of H-pyrrole nitrogens is 1. The van der Waals surface area contributed by atoms with Crippen LogP contribution in [0.1, 0.15) is 25.2 Å². The SMILES string of the molecule is CC(C)NCc1cc(S(=O)(=O)NCCc2cscn2)c[nH]1. The molecule has 0 bridgehead atoms. The summed E-state index contributed by atoms with van der Waals surface area (Å²) in [5.41, 5.74) is 3.49. The van der Waals surface area contributed by atoms with Gasteiger partial charge >= 0.3 is 0 Å². The molecule has 0 saturated heterocycles. The van der Waals surface area contributed by atoms with Gasteiger partial charge in [0.1, 0.15) is 0 Å². The number of nitrogens with zero attached hydrogens (tertiary/aromatic N) is 1. The summed E-state index contributed by atoms with van der Waals surface area (Å²) >= 11 is 1.50. The molecule has 0 saturated carbocycles. The van der Waals surface area contributed by atoms with Crippen molar-refractivity contribution in [2.45, 2.75) is 37.8 Å². The largest absolute Gasteiger partial charge is 0.363 e. The molecule has 21 heavy (non-hydrogen) atoms. The molecular formula is C13H20N4O2S2. The maximum absolute atomic E-state index is 12.1. The fraction of sp³-hybridized carbons (Fsp3) is 0.462. The highest BCUT2D eigenvalue weighted by Gasteiger charge is 2.15. The topological polar surface area (TPSA) is 86.9 Å². The molecule has 3 N–H and O–H groups in total. The van der Waals surface area contributed by atoms with E-state index in [1.54, 1.807) is 11.6 Å². The first-order chi connectivity index (χ1) is 9.97. The molecule has 0 aliphatic carbocycles. The molecule has 2 heterocycles. The number of hydrogen-bond donors (Lipinski definition) is 3. The third-order valence-electron chi connectivity index (χ3n) is 2.88. The molecule has 0 spiro atoms. The number of hydrogen-bond acceptors (Lipinski definition) is 5. The van der Waals surface area contributed by atoms with Gasteiger partial charge in [-0.05, 0) is 6.07 Å². The minimum atomic E-state index is -3.46. The normalized spacial score (nSPS) is 12.1. The first-order valence-electron chi connectivity index (χ1n) is 6.75. The lowest BCUT2D eigenvalue weighted by Crippen LogP contribution is -2.25. The minimum Gasteiger partial charge on any atom is -0.363 e. The van der Waals surface area contributed by atoms with Gasteiger partial charge in [-0.1, -0.05) is 13.8 Å². The predicted molar refractivity (Wildman–Crippen MR) is 83.8 cm³/mol. The van der Waals surface area contributed by atoms with Crippen LogP contribution in [0.15, 0.2) is 28.0 Å². The molecule has 0 radical (unpaired) electrons. The van der Waals surface area contributed by atoms with E-state index in [0.717, 1.165) is 11.4 Å². The van der Waals surface area contributed by atoms with Gasteiger partial charge in [-0.15, -0.1) is 11.3 Å². The van der Waals surface area contributed by atoms with Crippen LogP contribution in [0.25, 0.3) is 0 Å². The highest BCUT2D eigenvalue weighted by molar-refractivity contribution is 7.89. The third-order valence-corrected chi connectivity index (χ3v) is 4.96. The van der Waals surface area contributed by atoms with Crippen molar-refractivity contribution in [3.63, 3.8) is 0 Å². The monoisotopic (exact) mass is 328 g/mol. The molecule has 2 rings (SSSR count). The Kier molecular flexibility index (Phi) is 5.51. The van der Waals surface area contributed by atoms with Crippen LogP contribution in [-0.2, 0) is 23.0 Å². The van der Waals surface area contributed by atoms with Crippen molar-refractivity contribution in [2.75, 3.05) is 6.54 Å². The number of nitrogens with one attached hydrogen (secondary N) is 3. The summed E-state index contributed by atoms with van der Waals surface area (Å²) in [5.74, 6) is 0. The van der Waals surface area contributed by atoms with E-state index in [4.69, 9.17) is 0 Å². The van der Waals surface area contributed by atoms with E-state index in [2.05, 4.69) is 20.0 Å². The van der Waals surface area contributed by atoms with Gasteiger partial charge in [-0.25, -0.2) is 18.1 Å². The Hall–Kier alpha value is -1.22. The Labute approximate surface area is 129 Å². The van der Waals surface area contributed by atoms with Gasteiger partial charge in [0.2, 0.25) is 10.0 Å². The average Bonchev–Trinajstić information content (AvgIpc) is 3.07. The van der Waals surface area contributed by atoms with Gasteiger partial charge in [0.25, 0.3) is 0 Å². The molecule has 8 heteroatoms. The Bertz CT molecular complexity index is 648. The number of thiazole rings is 1. The van der Waals surface area contributed by atoms with Gasteiger partial charge in [0.15, 0.2) is 0 Å². The summed E-state index contributed by atoms with van der Waals surface area (Å²) in [6, 6.07) is 2.00. The predicted octanol–water partition coefficient (Wildman–Crippen LogP) is 1.49. The van der Waals surface area contributed by atoms with Gasteiger partial charge in [-0.3, -0.25) is 0 Å². The van der Waals surface area contributed by atoms with Gasteiger partial charge in [0.05, 0.1) is 16.1 Å². The maximum Gasteiger partial charge on any atom is 0.242 e. The van der Waals surface area contributed by atoms with Crippen molar-refractivity contribution in [1.29, 1.82) is 0 Å². The number of aromatic amines is 1. The summed E-state index contributed by atoms with van der Waals surface area (Å²) < 4.78 is 26.9. The lowest BCUT2D eigenvalue weighted by molar-refractivity contribution is 0.580. The van der Waals surface area contributed by atoms with Crippen LogP contribution in [0.2, 0.25) is 0 Å². The third kappa shape index (κ3) is 4.92. The van der Waals surface area contributed by atoms with Crippen LogP contribution < -0.4 is 10.0 Å². The smallest absolute Gasteiger partial charge is 0.242 e. The number of rotatable bonds is 8. The molecule has 0 fully saturated rings. The molecule has 6 nitrogen and oxygen atoms in total. The fourth-order valence-corrected chi connectivity index (χ4v) is 3.39. The van der Waals surface area contributed by atoms with E-state index in [1.165, 1.54) is 17.5 Å². The van der Waals surface area contributed by atoms with Crippen molar-refractivity contribution in [3.8, 4) is 0 Å². The van der Waals surface area contributed by atoms with Crippen molar-refractivity contribution < 1.29 is 8.42 Å².